The summed E-state index contributed by atoms with van der Waals surface area (Å²) >= 11 is 0. The van der Waals surface area contributed by atoms with E-state index < -0.39 is 0 Å². The maximum absolute atomic E-state index is 6.90. The van der Waals surface area contributed by atoms with Crippen LogP contribution in [0.2, 0.25) is 0 Å². The van der Waals surface area contributed by atoms with Gasteiger partial charge < -0.3 is 9.47 Å². The highest BCUT2D eigenvalue weighted by atomic mass is 16.5. The molecule has 0 saturated carbocycles. The van der Waals surface area contributed by atoms with Crippen LogP contribution in [0.25, 0.3) is 44.5 Å². The quantitative estimate of drug-likeness (QED) is 0.191. The molecule has 0 radical (unpaired) electrons. The molecule has 0 aliphatic carbocycles. The Hall–Kier alpha value is -5.80. The Kier molecular flexibility index (Phi) is 6.17. The first kappa shape index (κ1) is 26.6. The average Bonchev–Trinajstić information content (AvgIpc) is 3.12. The second kappa shape index (κ2) is 10.7. The normalized spacial score (nSPS) is 12.3. The Balaban J connectivity index is 1.33. The van der Waals surface area contributed by atoms with Gasteiger partial charge in [0.15, 0.2) is 0 Å². The molecular formula is C43H29BO2. The number of benzene rings is 7. The predicted octanol–water partition coefficient (Wildman–Crippen LogP) is 9.39. The van der Waals surface area contributed by atoms with E-state index in [1.54, 1.807) is 0 Å². The Bertz CT molecular complexity index is 2280. The van der Waals surface area contributed by atoms with Crippen molar-refractivity contribution in [2.75, 3.05) is 0 Å². The van der Waals surface area contributed by atoms with Crippen molar-refractivity contribution in [2.45, 2.75) is 6.92 Å². The molecule has 0 bridgehead atoms. The van der Waals surface area contributed by atoms with Crippen LogP contribution < -0.4 is 25.9 Å². The highest BCUT2D eigenvalue weighted by molar-refractivity contribution is 6.98. The summed E-state index contributed by atoms with van der Waals surface area (Å²) in [6.45, 7) is 2.15. The van der Waals surface area contributed by atoms with Gasteiger partial charge in [-0.15, -0.1) is 0 Å². The van der Waals surface area contributed by atoms with Crippen LogP contribution in [0.4, 0.5) is 0 Å². The average molecular weight is 589 g/mol. The lowest BCUT2D eigenvalue weighted by molar-refractivity contribution is 0.467. The lowest BCUT2D eigenvalue weighted by atomic mass is 9.34. The van der Waals surface area contributed by atoms with Gasteiger partial charge >= 0.3 is 0 Å². The summed E-state index contributed by atoms with van der Waals surface area (Å²) in [5.74, 6) is 3.49. The van der Waals surface area contributed by atoms with Crippen molar-refractivity contribution in [1.82, 2.24) is 0 Å². The van der Waals surface area contributed by atoms with Crippen LogP contribution in [0.1, 0.15) is 5.56 Å². The zero-order valence-electron chi connectivity index (χ0n) is 25.4. The van der Waals surface area contributed by atoms with E-state index in [-0.39, 0.29) is 6.71 Å². The van der Waals surface area contributed by atoms with Crippen molar-refractivity contribution in [3.8, 4) is 67.5 Å². The molecule has 0 amide bonds. The summed E-state index contributed by atoms with van der Waals surface area (Å²) in [5, 5.41) is 0. The highest BCUT2D eigenvalue weighted by Gasteiger charge is 2.42. The van der Waals surface area contributed by atoms with Crippen molar-refractivity contribution in [3.05, 3.63) is 163 Å². The SMILES string of the molecule is Cc1ccccc1-c1cccc(-c2cc(-c3cccc(-c4ccccc4)c3)c3c4c2Oc2ccccc2B4c2ccccc2O3)c1. The molecule has 0 unspecified atom stereocenters. The molecule has 0 aromatic heterocycles. The van der Waals surface area contributed by atoms with E-state index >= 15 is 0 Å². The maximum Gasteiger partial charge on any atom is 0.260 e. The zero-order chi connectivity index (χ0) is 30.6. The van der Waals surface area contributed by atoms with Crippen LogP contribution in [0.5, 0.6) is 23.0 Å². The Labute approximate surface area is 269 Å². The van der Waals surface area contributed by atoms with E-state index in [0.717, 1.165) is 61.6 Å². The number of aryl methyl sites for hydroxylation is 1. The minimum absolute atomic E-state index is 0.0181. The van der Waals surface area contributed by atoms with Gasteiger partial charge in [0.2, 0.25) is 0 Å². The first-order valence-electron chi connectivity index (χ1n) is 15.8. The van der Waals surface area contributed by atoms with Crippen LogP contribution in [0.15, 0.2) is 158 Å². The van der Waals surface area contributed by atoms with Crippen LogP contribution in [-0.4, -0.2) is 6.71 Å². The number of hydrogen-bond donors (Lipinski definition) is 0. The minimum Gasteiger partial charge on any atom is -0.458 e. The Morgan fingerprint density at radius 1 is 0.391 bits per heavy atom. The van der Waals surface area contributed by atoms with Crippen molar-refractivity contribution < 1.29 is 9.47 Å². The molecule has 2 aliphatic rings. The first-order chi connectivity index (χ1) is 22.7. The highest BCUT2D eigenvalue weighted by Crippen LogP contribution is 2.46. The Morgan fingerprint density at radius 2 is 0.870 bits per heavy atom. The van der Waals surface area contributed by atoms with Crippen molar-refractivity contribution in [3.63, 3.8) is 0 Å². The van der Waals surface area contributed by atoms with Crippen molar-refractivity contribution in [2.24, 2.45) is 0 Å². The third-order valence-electron chi connectivity index (χ3n) is 9.35. The summed E-state index contributed by atoms with van der Waals surface area (Å²) in [5.41, 5.74) is 13.7. The molecule has 7 aromatic rings. The molecule has 0 N–H and O–H groups in total. The number of para-hydroxylation sites is 2. The maximum atomic E-state index is 6.90. The number of hydrogen-bond acceptors (Lipinski definition) is 2. The molecule has 9 rings (SSSR count). The molecule has 0 spiro atoms. The summed E-state index contributed by atoms with van der Waals surface area (Å²) in [6.07, 6.45) is 0. The van der Waals surface area contributed by atoms with E-state index in [0.29, 0.717) is 0 Å². The van der Waals surface area contributed by atoms with Gasteiger partial charge in [0.25, 0.3) is 6.71 Å². The topological polar surface area (TPSA) is 18.5 Å². The standard InChI is InChI=1S/C43H29BO2/c1-28-13-5-6-20-34(28)31-17-12-19-33(26-31)36-27-35(32-18-11-16-30(25-32)29-14-3-2-4-15-29)42-41-43(36)46-40-24-10-8-22-38(40)44(41)37-21-7-9-23-39(37)45-42/h2-27H,1H3. The van der Waals surface area contributed by atoms with Crippen molar-refractivity contribution in [1.29, 1.82) is 0 Å². The molecular weight excluding hydrogens is 559 g/mol. The minimum atomic E-state index is -0.0181. The summed E-state index contributed by atoms with van der Waals surface area (Å²) in [4.78, 5) is 0. The lowest BCUT2D eigenvalue weighted by Gasteiger charge is -2.35. The fourth-order valence-corrected chi connectivity index (χ4v) is 7.15. The van der Waals surface area contributed by atoms with E-state index in [2.05, 4.69) is 165 Å². The monoisotopic (exact) mass is 588 g/mol. The zero-order valence-corrected chi connectivity index (χ0v) is 25.4. The molecule has 3 heteroatoms. The second-order valence-corrected chi connectivity index (χ2v) is 12.1. The van der Waals surface area contributed by atoms with Crippen molar-refractivity contribution >= 4 is 23.1 Å². The van der Waals surface area contributed by atoms with Crippen LogP contribution in [0.3, 0.4) is 0 Å². The molecule has 216 valence electrons. The predicted molar refractivity (Wildman–Crippen MR) is 191 cm³/mol. The molecule has 46 heavy (non-hydrogen) atoms. The van der Waals surface area contributed by atoms with Gasteiger partial charge in [-0.25, -0.2) is 0 Å². The van der Waals surface area contributed by atoms with E-state index in [9.17, 15) is 0 Å². The molecule has 2 heterocycles. The molecule has 0 fully saturated rings. The van der Waals surface area contributed by atoms with Gasteiger partial charge in [-0.05, 0) is 87.1 Å². The van der Waals surface area contributed by atoms with Gasteiger partial charge in [-0.3, -0.25) is 0 Å². The summed E-state index contributed by atoms with van der Waals surface area (Å²) < 4.78 is 13.8. The molecule has 0 saturated heterocycles. The summed E-state index contributed by atoms with van der Waals surface area (Å²) in [7, 11) is 0. The van der Waals surface area contributed by atoms with Crippen LogP contribution in [0, 0.1) is 6.92 Å². The lowest BCUT2D eigenvalue weighted by Crippen LogP contribution is -2.57. The fourth-order valence-electron chi connectivity index (χ4n) is 7.15. The van der Waals surface area contributed by atoms with Gasteiger partial charge in [-0.1, -0.05) is 127 Å². The first-order valence-corrected chi connectivity index (χ1v) is 15.8. The third-order valence-corrected chi connectivity index (χ3v) is 9.35. The smallest absolute Gasteiger partial charge is 0.260 e. The summed E-state index contributed by atoms with van der Waals surface area (Å²) in [6, 6.07) is 55.9. The Morgan fingerprint density at radius 3 is 1.50 bits per heavy atom. The van der Waals surface area contributed by atoms with E-state index in [1.165, 1.54) is 27.8 Å². The third kappa shape index (κ3) is 4.28. The largest absolute Gasteiger partial charge is 0.458 e. The van der Waals surface area contributed by atoms with Crippen LogP contribution >= 0.6 is 0 Å². The van der Waals surface area contributed by atoms with Gasteiger partial charge in [-0.2, -0.15) is 0 Å². The number of fused-ring (bicyclic) bond motifs is 4. The van der Waals surface area contributed by atoms with Gasteiger partial charge in [0.05, 0.1) is 0 Å². The van der Waals surface area contributed by atoms with E-state index in [1.807, 2.05) is 0 Å². The molecule has 0 atom stereocenters. The molecule has 2 nitrogen and oxygen atoms in total. The number of ether oxygens (including phenoxy) is 2. The molecule has 2 aliphatic heterocycles. The van der Waals surface area contributed by atoms with Crippen LogP contribution in [-0.2, 0) is 0 Å². The van der Waals surface area contributed by atoms with Gasteiger partial charge in [0.1, 0.15) is 23.0 Å². The molecule has 7 aromatic carbocycles. The second-order valence-electron chi connectivity index (χ2n) is 12.1. The van der Waals surface area contributed by atoms with E-state index in [4.69, 9.17) is 9.47 Å². The number of rotatable bonds is 4. The fraction of sp³-hybridized carbons (Fsp3) is 0.0233. The van der Waals surface area contributed by atoms with Gasteiger partial charge in [0, 0.05) is 16.6 Å².